The molecule has 1 fully saturated rings. The summed E-state index contributed by atoms with van der Waals surface area (Å²) in [7, 11) is 0. The van der Waals surface area contributed by atoms with E-state index < -0.39 is 55.4 Å². The Balaban J connectivity index is 2.42. The molecule has 0 amide bonds. The van der Waals surface area contributed by atoms with Gasteiger partial charge in [0.15, 0.2) is 12.4 Å². The van der Waals surface area contributed by atoms with Crippen LogP contribution in [0.2, 0.25) is 0 Å². The van der Waals surface area contributed by atoms with Crippen molar-refractivity contribution in [3.05, 3.63) is 36.5 Å². The largest absolute Gasteiger partial charge is 0.462 e. The maximum atomic E-state index is 12.7. The third kappa shape index (κ3) is 23.4. The first kappa shape index (κ1) is 45.9. The van der Waals surface area contributed by atoms with E-state index in [4.69, 9.17) is 18.9 Å². The molecule has 0 aromatic rings. The number of aliphatic hydroxyl groups is 4. The predicted molar refractivity (Wildman–Crippen MR) is 196 cm³/mol. The van der Waals surface area contributed by atoms with Crippen LogP contribution in [0.3, 0.4) is 0 Å². The second kappa shape index (κ2) is 31.6. The maximum Gasteiger partial charge on any atom is 0.306 e. The Morgan fingerprint density at radius 2 is 1.12 bits per heavy atom. The molecule has 0 spiro atoms. The van der Waals surface area contributed by atoms with Crippen LogP contribution in [0.4, 0.5) is 0 Å². The standard InChI is InChI=1S/C40H70O10/c1-3-5-7-9-11-13-15-16-17-19-21-23-25-27-29-36(43)49-33(32-48-40-39(46)38(45)37(44)34(30-41)50-40)31-47-35(42)28-26-24-22-20-18-14-12-10-8-6-4-2/h9-12,15-16,33-34,37-41,44-46H,3-8,13-14,17-32H2,1-2H3/b11-9-,12-10-,16-15-. The summed E-state index contributed by atoms with van der Waals surface area (Å²) >= 11 is 0. The van der Waals surface area contributed by atoms with Crippen LogP contribution in [0, 0.1) is 0 Å². The molecule has 10 nitrogen and oxygen atoms in total. The van der Waals surface area contributed by atoms with E-state index in [1.54, 1.807) is 0 Å². The molecule has 0 aromatic heterocycles. The van der Waals surface area contributed by atoms with E-state index >= 15 is 0 Å². The molecule has 0 saturated carbocycles. The SMILES string of the molecule is CCCC/C=C\C/C=C\CCCCCCCC(=O)OC(COC(=O)CCCCCCC/C=C\CCCC)COC1OC(CO)C(O)C(O)C1O. The lowest BCUT2D eigenvalue weighted by Crippen LogP contribution is -2.59. The quantitative estimate of drug-likeness (QED) is 0.0331. The highest BCUT2D eigenvalue weighted by Gasteiger charge is 2.44. The highest BCUT2D eigenvalue weighted by molar-refractivity contribution is 5.70. The molecule has 1 aliphatic rings. The summed E-state index contributed by atoms with van der Waals surface area (Å²) in [6, 6.07) is 0. The zero-order chi connectivity index (χ0) is 36.7. The molecule has 10 heteroatoms. The van der Waals surface area contributed by atoms with Gasteiger partial charge in [0, 0.05) is 12.8 Å². The van der Waals surface area contributed by atoms with Gasteiger partial charge in [-0.15, -0.1) is 0 Å². The molecule has 6 unspecified atom stereocenters. The van der Waals surface area contributed by atoms with Crippen LogP contribution >= 0.6 is 0 Å². The molecule has 4 N–H and O–H groups in total. The first-order valence-corrected chi connectivity index (χ1v) is 19.6. The lowest BCUT2D eigenvalue weighted by atomic mass is 9.99. The Kier molecular flexibility index (Phi) is 29.1. The molecule has 0 aromatic carbocycles. The van der Waals surface area contributed by atoms with Crippen LogP contribution in [0.5, 0.6) is 0 Å². The van der Waals surface area contributed by atoms with E-state index in [9.17, 15) is 30.0 Å². The Morgan fingerprint density at radius 1 is 0.620 bits per heavy atom. The van der Waals surface area contributed by atoms with Crippen molar-refractivity contribution in [1.29, 1.82) is 0 Å². The molecule has 1 rings (SSSR count). The second-order valence-electron chi connectivity index (χ2n) is 13.4. The van der Waals surface area contributed by atoms with Crippen molar-refractivity contribution in [3.8, 4) is 0 Å². The Hall–Kier alpha value is -2.08. The number of esters is 2. The zero-order valence-corrected chi connectivity index (χ0v) is 31.1. The summed E-state index contributed by atoms with van der Waals surface area (Å²) in [6.45, 7) is 3.29. The first-order valence-electron chi connectivity index (χ1n) is 19.6. The van der Waals surface area contributed by atoms with Crippen LogP contribution in [-0.4, -0.2) is 89.0 Å². The van der Waals surface area contributed by atoms with E-state index in [2.05, 4.69) is 50.3 Å². The lowest BCUT2D eigenvalue weighted by Gasteiger charge is -2.39. The number of rotatable bonds is 31. The molecule has 290 valence electrons. The summed E-state index contributed by atoms with van der Waals surface area (Å²) in [4.78, 5) is 25.1. The Morgan fingerprint density at radius 3 is 1.68 bits per heavy atom. The molecule has 50 heavy (non-hydrogen) atoms. The van der Waals surface area contributed by atoms with Crippen molar-refractivity contribution in [2.45, 2.75) is 185 Å². The highest BCUT2D eigenvalue weighted by Crippen LogP contribution is 2.22. The van der Waals surface area contributed by atoms with Crippen molar-refractivity contribution < 1.29 is 49.0 Å². The van der Waals surface area contributed by atoms with Gasteiger partial charge in [0.05, 0.1) is 13.2 Å². The van der Waals surface area contributed by atoms with E-state index in [-0.39, 0.29) is 26.1 Å². The van der Waals surface area contributed by atoms with Crippen molar-refractivity contribution in [2.75, 3.05) is 19.8 Å². The smallest absolute Gasteiger partial charge is 0.306 e. The number of ether oxygens (including phenoxy) is 4. The lowest BCUT2D eigenvalue weighted by molar-refractivity contribution is -0.305. The van der Waals surface area contributed by atoms with Crippen molar-refractivity contribution >= 4 is 11.9 Å². The fraction of sp³-hybridized carbons (Fsp3) is 0.800. The van der Waals surface area contributed by atoms with Crippen LogP contribution in [0.15, 0.2) is 36.5 Å². The van der Waals surface area contributed by atoms with Crippen molar-refractivity contribution in [2.24, 2.45) is 0 Å². The van der Waals surface area contributed by atoms with Crippen molar-refractivity contribution in [1.82, 2.24) is 0 Å². The summed E-state index contributed by atoms with van der Waals surface area (Å²) < 4.78 is 22.0. The van der Waals surface area contributed by atoms with E-state index in [0.717, 1.165) is 83.5 Å². The van der Waals surface area contributed by atoms with Gasteiger partial charge in [-0.3, -0.25) is 9.59 Å². The highest BCUT2D eigenvalue weighted by atomic mass is 16.7. The Labute approximate surface area is 302 Å². The number of allylic oxidation sites excluding steroid dienone is 6. The Bertz CT molecular complexity index is 918. The number of carbonyl (C=O) groups excluding carboxylic acids is 2. The second-order valence-corrected chi connectivity index (χ2v) is 13.4. The van der Waals surface area contributed by atoms with Gasteiger partial charge < -0.3 is 39.4 Å². The van der Waals surface area contributed by atoms with Crippen LogP contribution < -0.4 is 0 Å². The fourth-order valence-corrected chi connectivity index (χ4v) is 5.54. The van der Waals surface area contributed by atoms with Gasteiger partial charge in [-0.25, -0.2) is 0 Å². The number of aliphatic hydroxyl groups excluding tert-OH is 4. The molecular formula is C40H70O10. The zero-order valence-electron chi connectivity index (χ0n) is 31.1. The average molecular weight is 711 g/mol. The molecule has 0 aliphatic carbocycles. The van der Waals surface area contributed by atoms with Gasteiger partial charge in [-0.05, 0) is 57.8 Å². The van der Waals surface area contributed by atoms with Gasteiger partial charge >= 0.3 is 11.9 Å². The molecule has 1 aliphatic heterocycles. The molecule has 0 bridgehead atoms. The summed E-state index contributed by atoms with van der Waals surface area (Å²) in [5.41, 5.74) is 0. The third-order valence-corrected chi connectivity index (χ3v) is 8.75. The molecule has 6 atom stereocenters. The van der Waals surface area contributed by atoms with Crippen LogP contribution in [-0.2, 0) is 28.5 Å². The first-order chi connectivity index (χ1) is 24.3. The van der Waals surface area contributed by atoms with E-state index in [0.29, 0.717) is 12.8 Å². The van der Waals surface area contributed by atoms with E-state index in [1.165, 1.54) is 25.7 Å². The third-order valence-electron chi connectivity index (χ3n) is 8.75. The van der Waals surface area contributed by atoms with E-state index in [1.807, 2.05) is 0 Å². The van der Waals surface area contributed by atoms with Gasteiger partial charge in [-0.2, -0.15) is 0 Å². The average Bonchev–Trinajstić information content (AvgIpc) is 3.11. The number of hydrogen-bond acceptors (Lipinski definition) is 10. The monoisotopic (exact) mass is 710 g/mol. The maximum absolute atomic E-state index is 12.7. The molecule has 1 saturated heterocycles. The fourth-order valence-electron chi connectivity index (χ4n) is 5.54. The van der Waals surface area contributed by atoms with Gasteiger partial charge in [0.2, 0.25) is 0 Å². The van der Waals surface area contributed by atoms with Crippen LogP contribution in [0.25, 0.3) is 0 Å². The minimum atomic E-state index is -1.60. The van der Waals surface area contributed by atoms with Crippen molar-refractivity contribution in [3.63, 3.8) is 0 Å². The minimum Gasteiger partial charge on any atom is -0.462 e. The number of unbranched alkanes of at least 4 members (excludes halogenated alkanes) is 14. The van der Waals surface area contributed by atoms with Gasteiger partial charge in [0.25, 0.3) is 0 Å². The normalized spacial score (nSPS) is 21.8. The summed E-state index contributed by atoms with van der Waals surface area (Å²) in [5, 5.41) is 39.9. The summed E-state index contributed by atoms with van der Waals surface area (Å²) in [6.07, 6.45) is 25.8. The van der Waals surface area contributed by atoms with Gasteiger partial charge in [0.1, 0.15) is 31.0 Å². The molecule has 0 radical (unpaired) electrons. The molecule has 1 heterocycles. The predicted octanol–water partition coefficient (Wildman–Crippen LogP) is 7.16. The minimum absolute atomic E-state index is 0.212. The van der Waals surface area contributed by atoms with Crippen LogP contribution in [0.1, 0.15) is 149 Å². The topological polar surface area (TPSA) is 152 Å². The molecular weight excluding hydrogens is 640 g/mol. The van der Waals surface area contributed by atoms with Gasteiger partial charge in [-0.1, -0.05) is 115 Å². The number of carbonyl (C=O) groups is 2. The summed E-state index contributed by atoms with van der Waals surface area (Å²) in [5.74, 6) is -0.838. The number of hydrogen-bond donors (Lipinski definition) is 4.